The zero-order valence-electron chi connectivity index (χ0n) is 14.5. The maximum Gasteiger partial charge on any atom is 0.237 e. The molecule has 0 unspecified atom stereocenters. The van der Waals surface area contributed by atoms with Gasteiger partial charge in [-0.3, -0.25) is 4.79 Å². The highest BCUT2D eigenvalue weighted by atomic mass is 35.5. The number of carbonyl (C=O) groups is 1. The molecule has 0 aliphatic carbocycles. The molecule has 3 N–H and O–H groups in total. The lowest BCUT2D eigenvalue weighted by atomic mass is 10.1. The summed E-state index contributed by atoms with van der Waals surface area (Å²) in [5, 5.41) is 2.88. The minimum Gasteiger partial charge on any atom is -0.493 e. The number of nitrogens with one attached hydrogen (secondary N) is 1. The average Bonchev–Trinajstić information content (AvgIpc) is 2.62. The van der Waals surface area contributed by atoms with Gasteiger partial charge < -0.3 is 20.5 Å². The molecule has 5 nitrogen and oxygen atoms in total. The number of benzene rings is 2. The summed E-state index contributed by atoms with van der Waals surface area (Å²) < 4.78 is 10.5. The van der Waals surface area contributed by atoms with Crippen LogP contribution in [0.4, 0.5) is 0 Å². The minimum absolute atomic E-state index is 0. The van der Waals surface area contributed by atoms with Crippen LogP contribution in [0.3, 0.4) is 0 Å². The third kappa shape index (κ3) is 6.29. The van der Waals surface area contributed by atoms with Gasteiger partial charge in [0.1, 0.15) is 0 Å². The van der Waals surface area contributed by atoms with E-state index in [0.29, 0.717) is 30.9 Å². The van der Waals surface area contributed by atoms with E-state index in [1.54, 1.807) is 14.2 Å². The molecule has 0 bridgehead atoms. The van der Waals surface area contributed by atoms with E-state index >= 15 is 0 Å². The maximum absolute atomic E-state index is 12.1. The summed E-state index contributed by atoms with van der Waals surface area (Å²) in [6.07, 6.45) is 1.23. The van der Waals surface area contributed by atoms with E-state index in [0.717, 1.165) is 11.1 Å². The molecule has 1 atom stereocenters. The zero-order valence-corrected chi connectivity index (χ0v) is 15.3. The highest BCUT2D eigenvalue weighted by Gasteiger charge is 2.13. The molecule has 0 aliphatic heterocycles. The van der Waals surface area contributed by atoms with Gasteiger partial charge in [0.25, 0.3) is 0 Å². The Labute approximate surface area is 154 Å². The standard InChI is InChI=1S/C19H24N2O3.ClH/c1-23-17-9-8-15(13-18(17)24-2)10-11-21-19(22)16(20)12-14-6-4-3-5-7-14;/h3-9,13,16H,10-12,20H2,1-2H3,(H,21,22);1H/t16-;/m0./s1. The Morgan fingerprint density at radius 3 is 2.36 bits per heavy atom. The first kappa shape index (κ1) is 20.8. The summed E-state index contributed by atoms with van der Waals surface area (Å²) >= 11 is 0. The molecule has 0 heterocycles. The van der Waals surface area contributed by atoms with Gasteiger partial charge in [-0.2, -0.15) is 0 Å². The van der Waals surface area contributed by atoms with Crippen LogP contribution in [0.15, 0.2) is 48.5 Å². The van der Waals surface area contributed by atoms with Crippen molar-refractivity contribution in [2.75, 3.05) is 20.8 Å². The Morgan fingerprint density at radius 1 is 1.04 bits per heavy atom. The maximum atomic E-state index is 12.1. The molecule has 0 aliphatic rings. The van der Waals surface area contributed by atoms with Crippen LogP contribution in [-0.2, 0) is 17.6 Å². The van der Waals surface area contributed by atoms with E-state index in [9.17, 15) is 4.79 Å². The largest absolute Gasteiger partial charge is 0.493 e. The van der Waals surface area contributed by atoms with Crippen LogP contribution in [0.5, 0.6) is 11.5 Å². The molecular formula is C19H25ClN2O3. The second-order valence-corrected chi connectivity index (χ2v) is 5.53. The monoisotopic (exact) mass is 364 g/mol. The molecule has 136 valence electrons. The summed E-state index contributed by atoms with van der Waals surface area (Å²) in [5.74, 6) is 1.23. The second-order valence-electron chi connectivity index (χ2n) is 5.53. The fourth-order valence-electron chi connectivity index (χ4n) is 2.46. The summed E-state index contributed by atoms with van der Waals surface area (Å²) in [5.41, 5.74) is 8.08. The van der Waals surface area contributed by atoms with Gasteiger partial charge in [-0.05, 0) is 36.1 Å². The van der Waals surface area contributed by atoms with Crippen molar-refractivity contribution in [1.29, 1.82) is 0 Å². The van der Waals surface area contributed by atoms with Crippen molar-refractivity contribution in [3.63, 3.8) is 0 Å². The van der Waals surface area contributed by atoms with Crippen molar-refractivity contribution in [2.45, 2.75) is 18.9 Å². The first-order chi connectivity index (χ1) is 11.6. The Hall–Kier alpha value is -2.24. The summed E-state index contributed by atoms with van der Waals surface area (Å²) in [4.78, 5) is 12.1. The van der Waals surface area contributed by atoms with Crippen LogP contribution in [0.25, 0.3) is 0 Å². The van der Waals surface area contributed by atoms with Crippen molar-refractivity contribution in [3.8, 4) is 11.5 Å². The number of halogens is 1. The lowest BCUT2D eigenvalue weighted by Gasteiger charge is -2.13. The Balaban J connectivity index is 0.00000312. The van der Waals surface area contributed by atoms with Crippen molar-refractivity contribution in [1.82, 2.24) is 5.32 Å². The van der Waals surface area contributed by atoms with Crippen molar-refractivity contribution in [3.05, 3.63) is 59.7 Å². The van der Waals surface area contributed by atoms with Gasteiger partial charge >= 0.3 is 0 Å². The van der Waals surface area contributed by atoms with Crippen LogP contribution >= 0.6 is 12.4 Å². The molecule has 0 spiro atoms. The Morgan fingerprint density at radius 2 is 1.72 bits per heavy atom. The smallest absolute Gasteiger partial charge is 0.237 e. The summed E-state index contributed by atoms with van der Waals surface area (Å²) in [6, 6.07) is 14.9. The lowest BCUT2D eigenvalue weighted by molar-refractivity contribution is -0.122. The van der Waals surface area contributed by atoms with Crippen molar-refractivity contribution in [2.24, 2.45) is 5.73 Å². The minimum atomic E-state index is -0.544. The van der Waals surface area contributed by atoms with Crippen LogP contribution in [0, 0.1) is 0 Å². The number of methoxy groups -OCH3 is 2. The molecule has 0 fully saturated rings. The summed E-state index contributed by atoms with van der Waals surface area (Å²) in [6.45, 7) is 0.525. The molecule has 0 saturated heterocycles. The predicted octanol–water partition coefficient (Wildman–Crippen LogP) is 2.35. The van der Waals surface area contributed by atoms with E-state index in [-0.39, 0.29) is 18.3 Å². The van der Waals surface area contributed by atoms with Crippen molar-refractivity contribution >= 4 is 18.3 Å². The molecule has 25 heavy (non-hydrogen) atoms. The molecule has 2 aromatic carbocycles. The van der Waals surface area contributed by atoms with Crippen LogP contribution < -0.4 is 20.5 Å². The first-order valence-electron chi connectivity index (χ1n) is 7.92. The van der Waals surface area contributed by atoms with Crippen LogP contribution in [0.2, 0.25) is 0 Å². The number of ether oxygens (including phenoxy) is 2. The SMILES string of the molecule is COc1ccc(CCNC(=O)[C@@H](N)Cc2ccccc2)cc1OC.Cl. The molecule has 6 heteroatoms. The van der Waals surface area contributed by atoms with Crippen molar-refractivity contribution < 1.29 is 14.3 Å². The number of hydrogen-bond donors (Lipinski definition) is 2. The number of nitrogens with two attached hydrogens (primary N) is 1. The topological polar surface area (TPSA) is 73.6 Å². The number of rotatable bonds is 8. The van der Waals surface area contributed by atoms with Crippen LogP contribution in [0.1, 0.15) is 11.1 Å². The van der Waals surface area contributed by atoms with Gasteiger partial charge in [0.05, 0.1) is 20.3 Å². The van der Waals surface area contributed by atoms with E-state index in [1.807, 2.05) is 48.5 Å². The third-order valence-corrected chi connectivity index (χ3v) is 3.80. The molecule has 0 aromatic heterocycles. The Bertz CT molecular complexity index is 665. The first-order valence-corrected chi connectivity index (χ1v) is 7.92. The molecule has 0 saturated carbocycles. The van der Waals surface area contributed by atoms with Gasteiger partial charge in [-0.15, -0.1) is 12.4 Å². The molecule has 0 radical (unpaired) electrons. The number of amides is 1. The molecule has 1 amide bonds. The van der Waals surface area contributed by atoms with Gasteiger partial charge in [0.2, 0.25) is 5.91 Å². The highest BCUT2D eigenvalue weighted by Crippen LogP contribution is 2.27. The lowest BCUT2D eigenvalue weighted by Crippen LogP contribution is -2.42. The number of carbonyl (C=O) groups excluding carboxylic acids is 1. The molecule has 2 rings (SSSR count). The summed E-state index contributed by atoms with van der Waals surface area (Å²) in [7, 11) is 3.21. The van der Waals surface area contributed by atoms with Gasteiger partial charge in [0, 0.05) is 6.54 Å². The third-order valence-electron chi connectivity index (χ3n) is 3.80. The Kier molecular flexibility index (Phi) is 8.81. The zero-order chi connectivity index (χ0) is 17.4. The van der Waals surface area contributed by atoms with E-state index in [1.165, 1.54) is 0 Å². The highest BCUT2D eigenvalue weighted by molar-refractivity contribution is 5.85. The fourth-order valence-corrected chi connectivity index (χ4v) is 2.46. The van der Waals surface area contributed by atoms with Gasteiger partial charge in [-0.25, -0.2) is 0 Å². The molecule has 2 aromatic rings. The van der Waals surface area contributed by atoms with E-state index in [2.05, 4.69) is 5.32 Å². The second kappa shape index (κ2) is 10.6. The average molecular weight is 365 g/mol. The normalized spacial score (nSPS) is 11.2. The van der Waals surface area contributed by atoms with E-state index in [4.69, 9.17) is 15.2 Å². The molecular weight excluding hydrogens is 340 g/mol. The predicted molar refractivity (Wildman–Crippen MR) is 102 cm³/mol. The van der Waals surface area contributed by atoms with Gasteiger partial charge in [-0.1, -0.05) is 36.4 Å². The van der Waals surface area contributed by atoms with Gasteiger partial charge in [0.15, 0.2) is 11.5 Å². The van der Waals surface area contributed by atoms with E-state index < -0.39 is 6.04 Å². The fraction of sp³-hybridized carbons (Fsp3) is 0.316. The van der Waals surface area contributed by atoms with Crippen LogP contribution in [-0.4, -0.2) is 32.7 Å². The number of hydrogen-bond acceptors (Lipinski definition) is 4. The quantitative estimate of drug-likeness (QED) is 0.754.